The van der Waals surface area contributed by atoms with E-state index in [9.17, 15) is 0 Å². The van der Waals surface area contributed by atoms with Crippen LogP contribution in [0.5, 0.6) is 0 Å². The van der Waals surface area contributed by atoms with Gasteiger partial charge in [0.05, 0.1) is 20.7 Å². The molecule has 0 fully saturated rings. The van der Waals surface area contributed by atoms with E-state index in [4.69, 9.17) is 4.74 Å². The van der Waals surface area contributed by atoms with Gasteiger partial charge in [0.1, 0.15) is 6.54 Å². The summed E-state index contributed by atoms with van der Waals surface area (Å²) in [7, 11) is 4.27. The Bertz CT molecular complexity index is 54.9. The first-order valence-electron chi connectivity index (χ1n) is 3.64. The van der Waals surface area contributed by atoms with Gasteiger partial charge < -0.3 is 9.64 Å². The van der Waals surface area contributed by atoms with E-state index in [1.807, 2.05) is 0 Å². The van der Waals surface area contributed by atoms with Crippen molar-refractivity contribution in [2.75, 3.05) is 33.9 Å². The zero-order chi connectivity index (χ0) is 7.11. The van der Waals surface area contributed by atoms with Gasteiger partial charge in [-0.2, -0.15) is 0 Å². The maximum absolute atomic E-state index is 5.27. The minimum atomic E-state index is 0.899. The molecule has 0 aromatic rings. The average molecular weight is 132 g/mol. The van der Waals surface area contributed by atoms with Crippen molar-refractivity contribution in [1.82, 2.24) is 0 Å². The van der Waals surface area contributed by atoms with Crippen molar-refractivity contribution in [3.05, 3.63) is 0 Å². The van der Waals surface area contributed by atoms with Crippen molar-refractivity contribution in [3.63, 3.8) is 0 Å². The smallest absolute Gasteiger partial charge is 0.100 e. The number of hydrogen-bond donors (Lipinski definition) is 1. The Morgan fingerprint density at radius 3 is 2.33 bits per heavy atom. The summed E-state index contributed by atoms with van der Waals surface area (Å²) < 4.78 is 5.27. The van der Waals surface area contributed by atoms with Crippen molar-refractivity contribution in [3.8, 4) is 0 Å². The van der Waals surface area contributed by atoms with E-state index in [0.29, 0.717) is 0 Å². The lowest BCUT2D eigenvalue weighted by Crippen LogP contribution is -3.06. The minimum Gasteiger partial charge on any atom is -0.376 e. The van der Waals surface area contributed by atoms with Gasteiger partial charge in [-0.15, -0.1) is 0 Å². The van der Waals surface area contributed by atoms with Crippen LogP contribution in [0.1, 0.15) is 13.3 Å². The molecule has 2 heteroatoms. The molecule has 0 heterocycles. The van der Waals surface area contributed by atoms with E-state index >= 15 is 0 Å². The molecule has 56 valence electrons. The van der Waals surface area contributed by atoms with Gasteiger partial charge in [-0.1, -0.05) is 6.92 Å². The van der Waals surface area contributed by atoms with Crippen molar-refractivity contribution in [2.24, 2.45) is 0 Å². The van der Waals surface area contributed by atoms with Gasteiger partial charge in [-0.3, -0.25) is 0 Å². The first-order valence-corrected chi connectivity index (χ1v) is 3.64. The lowest BCUT2D eigenvalue weighted by molar-refractivity contribution is -0.858. The number of quaternary nitrogens is 1. The molecule has 0 saturated carbocycles. The molecule has 0 unspecified atom stereocenters. The third-order valence-electron chi connectivity index (χ3n) is 1.09. The predicted octanol–water partition coefficient (Wildman–Crippen LogP) is -0.442. The Kier molecular flexibility index (Phi) is 5.99. The molecule has 0 aliphatic heterocycles. The minimum absolute atomic E-state index is 0.899. The second-order valence-electron chi connectivity index (χ2n) is 2.57. The highest BCUT2D eigenvalue weighted by molar-refractivity contribution is 4.25. The van der Waals surface area contributed by atoms with Crippen LogP contribution in [0.2, 0.25) is 0 Å². The summed E-state index contributed by atoms with van der Waals surface area (Å²) in [6.45, 7) is 5.05. The standard InChI is InChI=1S/C7H17NO/c1-4-6-9-7-5-8(2)3/h4-7H2,1-3H3/p+1. The molecule has 0 aliphatic carbocycles. The zero-order valence-electron chi connectivity index (χ0n) is 6.74. The summed E-state index contributed by atoms with van der Waals surface area (Å²) in [5.74, 6) is 0. The topological polar surface area (TPSA) is 13.7 Å². The van der Waals surface area contributed by atoms with Crippen molar-refractivity contribution >= 4 is 0 Å². The van der Waals surface area contributed by atoms with Crippen LogP contribution < -0.4 is 4.90 Å². The van der Waals surface area contributed by atoms with Crippen LogP contribution in [0.3, 0.4) is 0 Å². The summed E-state index contributed by atoms with van der Waals surface area (Å²) in [6.07, 6.45) is 1.13. The Hall–Kier alpha value is -0.0800. The van der Waals surface area contributed by atoms with Gasteiger partial charge in [0.15, 0.2) is 0 Å². The Balaban J connectivity index is 2.75. The van der Waals surface area contributed by atoms with Crippen molar-refractivity contribution < 1.29 is 9.64 Å². The normalized spacial score (nSPS) is 10.7. The Labute approximate surface area is 57.8 Å². The number of rotatable bonds is 5. The largest absolute Gasteiger partial charge is 0.376 e. The average Bonchev–Trinajstić information content (AvgIpc) is 1.80. The van der Waals surface area contributed by atoms with Crippen LogP contribution in [0.4, 0.5) is 0 Å². The highest BCUT2D eigenvalue weighted by Crippen LogP contribution is 1.76. The number of ether oxygens (including phenoxy) is 1. The lowest BCUT2D eigenvalue weighted by atomic mass is 10.5. The maximum Gasteiger partial charge on any atom is 0.100 e. The second-order valence-corrected chi connectivity index (χ2v) is 2.57. The van der Waals surface area contributed by atoms with E-state index in [1.54, 1.807) is 0 Å². The fourth-order valence-electron chi connectivity index (χ4n) is 0.523. The Morgan fingerprint density at radius 2 is 1.89 bits per heavy atom. The molecule has 0 bridgehead atoms. The summed E-state index contributed by atoms with van der Waals surface area (Å²) in [5.41, 5.74) is 0. The van der Waals surface area contributed by atoms with Crippen LogP contribution in [-0.4, -0.2) is 33.9 Å². The van der Waals surface area contributed by atoms with Crippen LogP contribution in [0, 0.1) is 0 Å². The van der Waals surface area contributed by atoms with Crippen molar-refractivity contribution in [2.45, 2.75) is 13.3 Å². The highest BCUT2D eigenvalue weighted by Gasteiger charge is 1.90. The van der Waals surface area contributed by atoms with Gasteiger partial charge in [0.2, 0.25) is 0 Å². The zero-order valence-corrected chi connectivity index (χ0v) is 6.74. The number of likely N-dealkylation sites (N-methyl/N-ethyl adjacent to an activating group) is 1. The SMILES string of the molecule is CCCOCC[NH+](C)C. The predicted molar refractivity (Wildman–Crippen MR) is 38.8 cm³/mol. The second kappa shape index (κ2) is 6.05. The van der Waals surface area contributed by atoms with Crippen molar-refractivity contribution in [1.29, 1.82) is 0 Å². The van der Waals surface area contributed by atoms with E-state index in [0.717, 1.165) is 26.2 Å². The maximum atomic E-state index is 5.27. The molecule has 0 aromatic heterocycles. The van der Waals surface area contributed by atoms with Gasteiger partial charge in [0.25, 0.3) is 0 Å². The molecule has 0 radical (unpaired) electrons. The summed E-state index contributed by atoms with van der Waals surface area (Å²) in [6, 6.07) is 0. The third kappa shape index (κ3) is 7.92. The van der Waals surface area contributed by atoms with E-state index in [2.05, 4.69) is 21.0 Å². The molecule has 9 heavy (non-hydrogen) atoms. The molecule has 0 rings (SSSR count). The molecule has 0 saturated heterocycles. The van der Waals surface area contributed by atoms with Crippen LogP contribution in [0.25, 0.3) is 0 Å². The monoisotopic (exact) mass is 132 g/mol. The molecule has 0 aliphatic rings. The first-order chi connectivity index (χ1) is 4.27. The van der Waals surface area contributed by atoms with E-state index < -0.39 is 0 Å². The lowest BCUT2D eigenvalue weighted by Gasteiger charge is -2.06. The first kappa shape index (κ1) is 8.92. The molecule has 0 spiro atoms. The molecule has 0 aromatic carbocycles. The number of nitrogens with one attached hydrogen (secondary N) is 1. The molecule has 0 amide bonds. The van der Waals surface area contributed by atoms with Crippen LogP contribution >= 0.6 is 0 Å². The van der Waals surface area contributed by atoms with Gasteiger partial charge in [0, 0.05) is 6.61 Å². The van der Waals surface area contributed by atoms with Gasteiger partial charge >= 0.3 is 0 Å². The van der Waals surface area contributed by atoms with E-state index in [-0.39, 0.29) is 0 Å². The summed E-state index contributed by atoms with van der Waals surface area (Å²) in [4.78, 5) is 1.45. The molecule has 2 nitrogen and oxygen atoms in total. The molecular formula is C7H18NO+. The summed E-state index contributed by atoms with van der Waals surface area (Å²) >= 11 is 0. The fourth-order valence-corrected chi connectivity index (χ4v) is 0.523. The quantitative estimate of drug-likeness (QED) is 0.501. The molecular weight excluding hydrogens is 114 g/mol. The highest BCUT2D eigenvalue weighted by atomic mass is 16.5. The molecule has 1 N–H and O–H groups in total. The fraction of sp³-hybridized carbons (Fsp3) is 1.00. The van der Waals surface area contributed by atoms with Crippen LogP contribution in [-0.2, 0) is 4.74 Å². The third-order valence-corrected chi connectivity index (χ3v) is 1.09. The van der Waals surface area contributed by atoms with Gasteiger partial charge in [-0.25, -0.2) is 0 Å². The summed E-state index contributed by atoms with van der Waals surface area (Å²) in [5, 5.41) is 0. The van der Waals surface area contributed by atoms with E-state index in [1.165, 1.54) is 4.90 Å². The molecule has 0 atom stereocenters. The van der Waals surface area contributed by atoms with Gasteiger partial charge in [-0.05, 0) is 6.42 Å². The number of hydrogen-bond acceptors (Lipinski definition) is 1. The van der Waals surface area contributed by atoms with Crippen LogP contribution in [0.15, 0.2) is 0 Å². The Morgan fingerprint density at radius 1 is 1.22 bits per heavy atom.